The van der Waals surface area contributed by atoms with Gasteiger partial charge in [-0.05, 0) is 68.5 Å². The lowest BCUT2D eigenvalue weighted by Crippen LogP contribution is -2.27. The third kappa shape index (κ3) is 6.42. The highest BCUT2D eigenvalue weighted by atomic mass is 32.2. The summed E-state index contributed by atoms with van der Waals surface area (Å²) in [6, 6.07) is 11.2. The minimum Gasteiger partial charge on any atom is -0.482 e. The van der Waals surface area contributed by atoms with Crippen LogP contribution >= 0.6 is 12.3 Å². The summed E-state index contributed by atoms with van der Waals surface area (Å²) >= 11 is 0.314. The topological polar surface area (TPSA) is 71.1 Å². The van der Waals surface area contributed by atoms with Gasteiger partial charge in [-0.15, -0.1) is 0 Å². The Kier molecular flexibility index (Phi) is 8.39. The van der Waals surface area contributed by atoms with E-state index in [0.29, 0.717) is 30.2 Å². The quantitative estimate of drug-likeness (QED) is 0.541. The lowest BCUT2D eigenvalue weighted by Gasteiger charge is -2.17. The molecule has 0 aliphatic heterocycles. The Morgan fingerprint density at radius 1 is 0.897 bits per heavy atom. The standard InChI is InChI=1S/C22H26O6S/c1-6-18(26-20-12-8-10-15(3)17(20)5)22(24)28-29-27-21(23)13-25-19-11-7-9-14(2)16(19)4/h7-12,18H,6,13H2,1-5H3. The number of carbonyl (C=O) groups is 2. The van der Waals surface area contributed by atoms with E-state index in [2.05, 4.69) is 0 Å². The van der Waals surface area contributed by atoms with Crippen LogP contribution < -0.4 is 9.47 Å². The number of hydrogen-bond donors (Lipinski definition) is 0. The molecule has 0 N–H and O–H groups in total. The Balaban J connectivity index is 1.79. The van der Waals surface area contributed by atoms with Crippen LogP contribution in [0.1, 0.15) is 35.6 Å². The molecular weight excluding hydrogens is 392 g/mol. The Morgan fingerprint density at radius 2 is 1.48 bits per heavy atom. The zero-order valence-electron chi connectivity index (χ0n) is 17.3. The van der Waals surface area contributed by atoms with E-state index in [1.165, 1.54) is 0 Å². The smallest absolute Gasteiger partial charge is 0.361 e. The molecule has 0 aromatic heterocycles. The summed E-state index contributed by atoms with van der Waals surface area (Å²) in [5, 5.41) is 0. The molecule has 0 saturated carbocycles. The molecule has 1 unspecified atom stereocenters. The molecular formula is C22H26O6S. The Labute approximate surface area is 175 Å². The average Bonchev–Trinajstić information content (AvgIpc) is 2.70. The average molecular weight is 419 g/mol. The van der Waals surface area contributed by atoms with Crippen molar-refractivity contribution in [1.29, 1.82) is 0 Å². The zero-order valence-corrected chi connectivity index (χ0v) is 18.1. The second kappa shape index (κ2) is 10.8. The maximum absolute atomic E-state index is 12.2. The molecule has 0 saturated heterocycles. The van der Waals surface area contributed by atoms with E-state index in [1.807, 2.05) is 58.9 Å². The van der Waals surface area contributed by atoms with Gasteiger partial charge in [-0.25, -0.2) is 9.59 Å². The van der Waals surface area contributed by atoms with Crippen molar-refractivity contribution in [3.05, 3.63) is 58.7 Å². The minimum absolute atomic E-state index is 0.287. The molecule has 0 amide bonds. The molecule has 2 aromatic rings. The molecule has 0 spiro atoms. The minimum atomic E-state index is -0.798. The van der Waals surface area contributed by atoms with Crippen LogP contribution in [-0.4, -0.2) is 24.6 Å². The zero-order chi connectivity index (χ0) is 21.4. The van der Waals surface area contributed by atoms with Crippen LogP contribution in [0.5, 0.6) is 11.5 Å². The number of carbonyl (C=O) groups excluding carboxylic acids is 2. The predicted octanol–water partition coefficient (Wildman–Crippen LogP) is 4.81. The van der Waals surface area contributed by atoms with Gasteiger partial charge in [-0.1, -0.05) is 31.2 Å². The first-order valence-electron chi connectivity index (χ1n) is 9.33. The highest BCUT2D eigenvalue weighted by Crippen LogP contribution is 2.24. The van der Waals surface area contributed by atoms with Crippen LogP contribution in [-0.2, 0) is 18.0 Å². The molecule has 0 radical (unpaired) electrons. The maximum Gasteiger partial charge on any atom is 0.361 e. The van der Waals surface area contributed by atoms with Crippen molar-refractivity contribution in [2.45, 2.75) is 47.1 Å². The number of rotatable bonds is 9. The second-order valence-electron chi connectivity index (χ2n) is 6.63. The third-order valence-electron chi connectivity index (χ3n) is 4.60. The second-order valence-corrected chi connectivity index (χ2v) is 7.09. The van der Waals surface area contributed by atoms with Gasteiger partial charge < -0.3 is 17.8 Å². The van der Waals surface area contributed by atoms with E-state index in [0.717, 1.165) is 22.3 Å². The van der Waals surface area contributed by atoms with Gasteiger partial charge in [0, 0.05) is 0 Å². The van der Waals surface area contributed by atoms with Gasteiger partial charge >= 0.3 is 11.9 Å². The summed E-state index contributed by atoms with van der Waals surface area (Å²) in [5.41, 5.74) is 4.04. The summed E-state index contributed by atoms with van der Waals surface area (Å²) in [4.78, 5) is 24.0. The first-order chi connectivity index (χ1) is 13.8. The largest absolute Gasteiger partial charge is 0.482 e. The summed E-state index contributed by atoms with van der Waals surface area (Å²) in [6.45, 7) is 9.29. The molecule has 0 aliphatic carbocycles. The first kappa shape index (κ1) is 22.6. The lowest BCUT2D eigenvalue weighted by molar-refractivity contribution is -0.142. The number of hydrogen-bond acceptors (Lipinski definition) is 7. The van der Waals surface area contributed by atoms with Gasteiger partial charge in [0.15, 0.2) is 12.7 Å². The van der Waals surface area contributed by atoms with Gasteiger partial charge in [0.2, 0.25) is 0 Å². The number of aryl methyl sites for hydroxylation is 2. The van der Waals surface area contributed by atoms with Crippen LogP contribution in [0.2, 0.25) is 0 Å². The van der Waals surface area contributed by atoms with Crippen molar-refractivity contribution in [2.75, 3.05) is 6.61 Å². The Hall–Kier alpha value is -2.67. The fraction of sp³-hybridized carbons (Fsp3) is 0.364. The van der Waals surface area contributed by atoms with Gasteiger partial charge in [0.1, 0.15) is 11.5 Å². The van der Waals surface area contributed by atoms with Crippen molar-refractivity contribution in [3.8, 4) is 11.5 Å². The van der Waals surface area contributed by atoms with Crippen LogP contribution in [0, 0.1) is 27.7 Å². The lowest BCUT2D eigenvalue weighted by atomic mass is 10.1. The van der Waals surface area contributed by atoms with Crippen molar-refractivity contribution in [2.24, 2.45) is 0 Å². The van der Waals surface area contributed by atoms with E-state index >= 15 is 0 Å². The molecule has 0 bridgehead atoms. The van der Waals surface area contributed by atoms with Gasteiger partial charge in [-0.2, -0.15) is 0 Å². The van der Waals surface area contributed by atoms with Crippen LogP contribution in [0.25, 0.3) is 0 Å². The molecule has 1 atom stereocenters. The summed E-state index contributed by atoms with van der Waals surface area (Å²) in [6.07, 6.45) is -0.385. The third-order valence-corrected chi connectivity index (χ3v) is 5.09. The Bertz CT molecular complexity index is 864. The molecule has 0 heterocycles. The molecule has 0 aliphatic rings. The monoisotopic (exact) mass is 418 g/mol. The van der Waals surface area contributed by atoms with Crippen molar-refractivity contribution in [1.82, 2.24) is 0 Å². The fourth-order valence-electron chi connectivity index (χ4n) is 2.49. The van der Waals surface area contributed by atoms with Gasteiger partial charge in [-0.3, -0.25) is 0 Å². The van der Waals surface area contributed by atoms with Crippen LogP contribution in [0.3, 0.4) is 0 Å². The number of ether oxygens (including phenoxy) is 2. The molecule has 0 fully saturated rings. The molecule has 6 nitrogen and oxygen atoms in total. The van der Waals surface area contributed by atoms with Crippen molar-refractivity contribution in [3.63, 3.8) is 0 Å². The summed E-state index contributed by atoms with van der Waals surface area (Å²) in [7, 11) is 0. The van der Waals surface area contributed by atoms with E-state index < -0.39 is 18.0 Å². The molecule has 156 valence electrons. The highest BCUT2D eigenvalue weighted by Gasteiger charge is 2.23. The predicted molar refractivity (Wildman–Crippen MR) is 112 cm³/mol. The van der Waals surface area contributed by atoms with Gasteiger partial charge in [0.05, 0.1) is 0 Å². The first-order valence-corrected chi connectivity index (χ1v) is 9.99. The maximum atomic E-state index is 12.2. The summed E-state index contributed by atoms with van der Waals surface area (Å²) in [5.74, 6) is -0.0523. The van der Waals surface area contributed by atoms with Crippen molar-refractivity contribution >= 4 is 24.3 Å². The van der Waals surface area contributed by atoms with Crippen LogP contribution in [0.4, 0.5) is 0 Å². The molecule has 2 aromatic carbocycles. The number of benzene rings is 2. The van der Waals surface area contributed by atoms with Gasteiger partial charge in [0.25, 0.3) is 12.3 Å². The normalized spacial score (nSPS) is 11.5. The Morgan fingerprint density at radius 3 is 2.10 bits per heavy atom. The highest BCUT2D eigenvalue weighted by molar-refractivity contribution is 7.90. The molecule has 2 rings (SSSR count). The molecule has 29 heavy (non-hydrogen) atoms. The van der Waals surface area contributed by atoms with Crippen LogP contribution in [0.15, 0.2) is 36.4 Å². The van der Waals surface area contributed by atoms with E-state index in [9.17, 15) is 9.59 Å². The van der Waals surface area contributed by atoms with E-state index in [-0.39, 0.29) is 6.61 Å². The fourth-order valence-corrected chi connectivity index (χ4v) is 2.82. The van der Waals surface area contributed by atoms with Crippen molar-refractivity contribution < 1.29 is 27.4 Å². The SMILES string of the molecule is CCC(Oc1cccc(C)c1C)C(=O)OSOC(=O)COc1cccc(C)c1C. The molecule has 7 heteroatoms. The van der Waals surface area contributed by atoms with E-state index in [4.69, 9.17) is 17.8 Å². The van der Waals surface area contributed by atoms with E-state index in [1.54, 1.807) is 12.1 Å². The summed E-state index contributed by atoms with van der Waals surface area (Å²) < 4.78 is 21.0.